The second-order valence-electron chi connectivity index (χ2n) is 6.97. The van der Waals surface area contributed by atoms with Crippen molar-refractivity contribution in [3.05, 3.63) is 48.5 Å². The molecule has 4 atom stereocenters. The Kier molecular flexibility index (Phi) is 7.13. The van der Waals surface area contributed by atoms with Crippen molar-refractivity contribution in [3.63, 3.8) is 0 Å². The van der Waals surface area contributed by atoms with E-state index in [0.717, 1.165) is 22.6 Å². The molecule has 2 fully saturated rings. The Morgan fingerprint density at radius 2 is 0.870 bits per heavy atom. The van der Waals surface area contributed by atoms with Gasteiger partial charge in [0.15, 0.2) is 0 Å². The van der Waals surface area contributed by atoms with Crippen LogP contribution in [0.5, 0.6) is 0 Å². The Bertz CT molecular complexity index is 492. The Balaban J connectivity index is 0.000000160. The fourth-order valence-corrected chi connectivity index (χ4v) is 10.3. The summed E-state index contributed by atoms with van der Waals surface area (Å²) < 4.78 is 0. The van der Waals surface area contributed by atoms with E-state index in [1.807, 2.05) is 0 Å². The van der Waals surface area contributed by atoms with E-state index in [1.165, 1.54) is 12.8 Å². The van der Waals surface area contributed by atoms with Crippen LogP contribution in [0.3, 0.4) is 0 Å². The first kappa shape index (κ1) is 19.4. The fraction of sp³-hybridized carbons (Fsp3) is 0.500. The molecule has 4 rings (SSSR count). The molecule has 126 valence electrons. The van der Waals surface area contributed by atoms with Crippen LogP contribution in [0.1, 0.15) is 40.5 Å². The average molecular weight is 386 g/mol. The normalized spacial score (nSPS) is 30.4. The molecule has 0 aliphatic carbocycles. The zero-order chi connectivity index (χ0) is 15.7. The van der Waals surface area contributed by atoms with Crippen molar-refractivity contribution >= 4 is 26.5 Å². The molecule has 0 nitrogen and oxygen atoms in total. The van der Waals surface area contributed by atoms with Gasteiger partial charge in [-0.05, 0) is 35.5 Å². The van der Waals surface area contributed by atoms with Crippen molar-refractivity contribution in [2.75, 3.05) is 0 Å². The monoisotopic (exact) mass is 386 g/mol. The summed E-state index contributed by atoms with van der Waals surface area (Å²) in [7, 11) is 0.443. The molecule has 2 aromatic carbocycles. The van der Waals surface area contributed by atoms with Crippen molar-refractivity contribution in [2.24, 2.45) is 0 Å². The minimum Gasteiger partial charge on any atom is -0.213 e. The largest absolute Gasteiger partial charge is 2.00 e. The van der Waals surface area contributed by atoms with Gasteiger partial charge in [-0.3, -0.25) is 0 Å². The number of rotatable bonds is 2. The van der Waals surface area contributed by atoms with Gasteiger partial charge in [0.25, 0.3) is 0 Å². The van der Waals surface area contributed by atoms with E-state index in [9.17, 15) is 0 Å². The van der Waals surface area contributed by atoms with Gasteiger partial charge in [0.1, 0.15) is 0 Å². The third-order valence-electron chi connectivity index (χ3n) is 5.15. The summed E-state index contributed by atoms with van der Waals surface area (Å²) in [5, 5.41) is 3.23. The first-order chi connectivity index (χ1) is 10.6. The third-order valence-corrected chi connectivity index (χ3v) is 11.6. The summed E-state index contributed by atoms with van der Waals surface area (Å²) in [6, 6.07) is 17.8. The maximum atomic E-state index is 2.39. The first-order valence-electron chi connectivity index (χ1n) is 8.58. The Morgan fingerprint density at radius 3 is 1.09 bits per heavy atom. The average Bonchev–Trinajstić information content (AvgIpc) is 3.13. The molecule has 3 heteroatoms. The molecule has 2 aliphatic rings. The van der Waals surface area contributed by atoms with Gasteiger partial charge in [-0.25, -0.2) is 24.3 Å². The van der Waals surface area contributed by atoms with Gasteiger partial charge in [-0.2, -0.15) is 24.3 Å². The molecule has 0 radical (unpaired) electrons. The standard InChI is InChI=1S/2C10H14P.Fe/c2*1-8-7-9(2)11(8)10-5-3-4-6-10;/h2*3-6,8-9H,7H2,1-2H3;/q2*-1;+2/t2*8-,9-;/m00./s1. The molecule has 2 saturated heterocycles. The van der Waals surface area contributed by atoms with Gasteiger partial charge in [0.2, 0.25) is 0 Å². The van der Waals surface area contributed by atoms with Gasteiger partial charge in [0, 0.05) is 0 Å². The summed E-state index contributed by atoms with van der Waals surface area (Å²) in [5.74, 6) is 0. The summed E-state index contributed by atoms with van der Waals surface area (Å²) in [6.07, 6.45) is 2.88. The smallest absolute Gasteiger partial charge is 0.213 e. The summed E-state index contributed by atoms with van der Waals surface area (Å²) in [4.78, 5) is 0. The minimum atomic E-state index is 0. The Morgan fingerprint density at radius 1 is 0.609 bits per heavy atom. The van der Waals surface area contributed by atoms with Gasteiger partial charge >= 0.3 is 17.1 Å². The van der Waals surface area contributed by atoms with Crippen LogP contribution >= 0.6 is 15.8 Å². The van der Waals surface area contributed by atoms with E-state index in [2.05, 4.69) is 76.2 Å². The second kappa shape index (κ2) is 8.45. The molecule has 0 amide bonds. The van der Waals surface area contributed by atoms with E-state index < -0.39 is 0 Å². The zero-order valence-electron chi connectivity index (χ0n) is 14.6. The molecule has 2 aliphatic heterocycles. The van der Waals surface area contributed by atoms with Crippen LogP contribution < -0.4 is 10.6 Å². The van der Waals surface area contributed by atoms with Crippen molar-refractivity contribution in [1.82, 2.24) is 0 Å². The quantitative estimate of drug-likeness (QED) is 0.369. The maximum absolute atomic E-state index is 2.39. The van der Waals surface area contributed by atoms with Crippen LogP contribution in [0.2, 0.25) is 0 Å². The number of hydrogen-bond acceptors (Lipinski definition) is 0. The summed E-state index contributed by atoms with van der Waals surface area (Å²) >= 11 is 0. The molecule has 0 unspecified atom stereocenters. The minimum absolute atomic E-state index is 0. The van der Waals surface area contributed by atoms with Crippen molar-refractivity contribution in [3.8, 4) is 0 Å². The van der Waals surface area contributed by atoms with Crippen LogP contribution in [-0.4, -0.2) is 22.6 Å². The van der Waals surface area contributed by atoms with E-state index in [1.54, 1.807) is 10.6 Å². The van der Waals surface area contributed by atoms with E-state index in [-0.39, 0.29) is 32.9 Å². The Hall–Kier alpha value is 0.0795. The second-order valence-corrected chi connectivity index (χ2v) is 13.2. The molecule has 2 aromatic rings. The molecule has 0 spiro atoms. The molecule has 0 saturated carbocycles. The van der Waals surface area contributed by atoms with Crippen molar-refractivity contribution < 1.29 is 17.1 Å². The van der Waals surface area contributed by atoms with Crippen LogP contribution in [0.25, 0.3) is 0 Å². The molecule has 0 aromatic heterocycles. The van der Waals surface area contributed by atoms with Gasteiger partial charge < -0.3 is 0 Å². The predicted molar refractivity (Wildman–Crippen MR) is 104 cm³/mol. The molecule has 23 heavy (non-hydrogen) atoms. The van der Waals surface area contributed by atoms with Crippen LogP contribution in [-0.2, 0) is 17.1 Å². The number of hydrogen-bond donors (Lipinski definition) is 0. The molecule has 2 heterocycles. The van der Waals surface area contributed by atoms with E-state index in [4.69, 9.17) is 0 Å². The predicted octanol–water partition coefficient (Wildman–Crippen LogP) is 5.38. The summed E-state index contributed by atoms with van der Waals surface area (Å²) in [5.41, 5.74) is 3.90. The molecule has 0 N–H and O–H groups in total. The molecular weight excluding hydrogens is 358 g/mol. The SMILES string of the molecule is C[C@H]1C[C@H](C)P1[c-]1cccc1.C[C@H]1C[C@H](C)P1[c-]1cccc1.[Fe+2]. The third kappa shape index (κ3) is 4.19. The molecule has 0 bridgehead atoms. The van der Waals surface area contributed by atoms with Gasteiger partial charge in [0.05, 0.1) is 0 Å². The van der Waals surface area contributed by atoms with Crippen LogP contribution in [0.15, 0.2) is 48.5 Å². The van der Waals surface area contributed by atoms with Crippen LogP contribution in [0, 0.1) is 0 Å². The zero-order valence-corrected chi connectivity index (χ0v) is 17.5. The van der Waals surface area contributed by atoms with E-state index in [0.29, 0.717) is 0 Å². The maximum Gasteiger partial charge on any atom is 2.00 e. The van der Waals surface area contributed by atoms with Gasteiger partial charge in [-0.15, -0.1) is 26.5 Å². The summed E-state index contributed by atoms with van der Waals surface area (Å²) in [6.45, 7) is 9.55. The van der Waals surface area contributed by atoms with Crippen molar-refractivity contribution in [2.45, 2.75) is 63.2 Å². The molecular formula is C20H28FeP2. The topological polar surface area (TPSA) is 0 Å². The Labute approximate surface area is 155 Å². The fourth-order valence-electron chi connectivity index (χ4n) is 4.12. The van der Waals surface area contributed by atoms with E-state index >= 15 is 0 Å². The van der Waals surface area contributed by atoms with Crippen molar-refractivity contribution in [1.29, 1.82) is 0 Å². The van der Waals surface area contributed by atoms with Crippen LogP contribution in [0.4, 0.5) is 0 Å². The first-order valence-corrected chi connectivity index (χ1v) is 11.5. The van der Waals surface area contributed by atoms with Gasteiger partial charge in [-0.1, -0.05) is 27.7 Å².